The fourth-order valence-corrected chi connectivity index (χ4v) is 3.03. The first-order valence-electron chi connectivity index (χ1n) is 9.96. The number of benzene rings is 1. The van der Waals surface area contributed by atoms with Crippen LogP contribution in [0.4, 0.5) is 22.0 Å². The Kier molecular flexibility index (Phi) is 6.87. The monoisotopic (exact) mass is 398 g/mol. The van der Waals surface area contributed by atoms with Gasteiger partial charge in [-0.3, -0.25) is 0 Å². The summed E-state index contributed by atoms with van der Waals surface area (Å²) in [5.41, 5.74) is 3.12. The Morgan fingerprint density at radius 2 is 1.86 bits per heavy atom. The van der Waals surface area contributed by atoms with Crippen LogP contribution in [0.15, 0.2) is 36.5 Å². The highest BCUT2D eigenvalue weighted by Gasteiger charge is 2.14. The van der Waals surface area contributed by atoms with Crippen LogP contribution in [-0.2, 0) is 10.2 Å². The third-order valence-corrected chi connectivity index (χ3v) is 4.74. The number of nitrogens with zero attached hydrogens (tertiary/aromatic N) is 3. The summed E-state index contributed by atoms with van der Waals surface area (Å²) >= 11 is 0. The highest BCUT2D eigenvalue weighted by molar-refractivity contribution is 5.89. The summed E-state index contributed by atoms with van der Waals surface area (Å²) < 4.78 is 5.38. The van der Waals surface area contributed by atoms with Crippen LogP contribution < -0.4 is 20.9 Å². The molecule has 0 radical (unpaired) electrons. The predicted octanol–water partition coefficient (Wildman–Crippen LogP) is 2.84. The summed E-state index contributed by atoms with van der Waals surface area (Å²) in [6, 6.07) is 9.66. The quantitative estimate of drug-likeness (QED) is 0.648. The van der Waals surface area contributed by atoms with Crippen molar-refractivity contribution in [2.24, 2.45) is 0 Å². The van der Waals surface area contributed by atoms with Crippen molar-refractivity contribution in [3.8, 4) is 0 Å². The van der Waals surface area contributed by atoms with Crippen molar-refractivity contribution in [1.29, 1.82) is 0 Å². The van der Waals surface area contributed by atoms with Crippen LogP contribution >= 0.6 is 0 Å². The van der Waals surface area contributed by atoms with Crippen molar-refractivity contribution < 1.29 is 9.53 Å². The molecule has 0 atom stereocenters. The fourth-order valence-electron chi connectivity index (χ4n) is 3.03. The van der Waals surface area contributed by atoms with Crippen LogP contribution in [0.25, 0.3) is 0 Å². The lowest BCUT2D eigenvalue weighted by Gasteiger charge is -2.28. The number of amides is 2. The van der Waals surface area contributed by atoms with Crippen molar-refractivity contribution in [2.45, 2.75) is 26.2 Å². The van der Waals surface area contributed by atoms with Gasteiger partial charge in [0.2, 0.25) is 0 Å². The Hall–Kier alpha value is -2.87. The van der Waals surface area contributed by atoms with E-state index in [0.717, 1.165) is 37.7 Å². The summed E-state index contributed by atoms with van der Waals surface area (Å²) in [7, 11) is 0. The van der Waals surface area contributed by atoms with Gasteiger partial charge < -0.3 is 25.6 Å². The van der Waals surface area contributed by atoms with Crippen molar-refractivity contribution in [2.75, 3.05) is 54.9 Å². The molecule has 3 rings (SSSR count). The van der Waals surface area contributed by atoms with E-state index in [1.165, 1.54) is 5.56 Å². The molecule has 1 aromatic carbocycles. The number of urea groups is 1. The highest BCUT2D eigenvalue weighted by Crippen LogP contribution is 2.23. The van der Waals surface area contributed by atoms with E-state index in [0.29, 0.717) is 18.9 Å². The van der Waals surface area contributed by atoms with E-state index in [-0.39, 0.29) is 11.4 Å². The second kappa shape index (κ2) is 9.56. The summed E-state index contributed by atoms with van der Waals surface area (Å²) in [6.45, 7) is 10.7. The number of hydrogen-bond acceptors (Lipinski definition) is 6. The van der Waals surface area contributed by atoms with Crippen LogP contribution in [0.1, 0.15) is 26.3 Å². The molecule has 156 valence electrons. The second-order valence-corrected chi connectivity index (χ2v) is 8.03. The number of anilines is 3. The third-order valence-electron chi connectivity index (χ3n) is 4.74. The Morgan fingerprint density at radius 3 is 2.55 bits per heavy atom. The minimum Gasteiger partial charge on any atom is -0.378 e. The van der Waals surface area contributed by atoms with Crippen LogP contribution in [0.5, 0.6) is 0 Å². The molecule has 2 aromatic rings. The molecule has 8 heteroatoms. The van der Waals surface area contributed by atoms with Gasteiger partial charge in [0.05, 0.1) is 25.1 Å². The molecule has 0 aliphatic carbocycles. The molecule has 2 amide bonds. The molecule has 3 N–H and O–H groups in total. The maximum Gasteiger partial charge on any atom is 0.319 e. The van der Waals surface area contributed by atoms with Crippen molar-refractivity contribution in [3.05, 3.63) is 42.1 Å². The Bertz CT molecular complexity index is 798. The number of aromatic nitrogens is 2. The van der Waals surface area contributed by atoms with Gasteiger partial charge in [0.25, 0.3) is 0 Å². The third kappa shape index (κ3) is 6.32. The maximum absolute atomic E-state index is 12.1. The van der Waals surface area contributed by atoms with E-state index in [2.05, 4.69) is 51.8 Å². The zero-order chi connectivity index (χ0) is 20.7. The normalized spacial score (nSPS) is 14.4. The van der Waals surface area contributed by atoms with E-state index in [1.54, 1.807) is 6.20 Å². The van der Waals surface area contributed by atoms with Crippen molar-refractivity contribution >= 4 is 23.2 Å². The van der Waals surface area contributed by atoms with E-state index in [9.17, 15) is 4.79 Å². The standard InChI is InChI=1S/C21H30N6O2/c1-21(2,3)16-4-6-17(7-5-16)25-20(28)23-9-8-22-19-14-18(15-24-26-19)27-10-12-29-13-11-27/h4-7,14-15H,8-13H2,1-3H3,(H,22,26)(H2,23,25,28). The molecule has 0 bridgehead atoms. The first-order valence-corrected chi connectivity index (χ1v) is 9.96. The molecular weight excluding hydrogens is 368 g/mol. The van der Waals surface area contributed by atoms with Gasteiger partial charge in [-0.15, -0.1) is 5.10 Å². The number of carbonyl (C=O) groups is 1. The average molecular weight is 399 g/mol. The Labute approximate surface area is 172 Å². The SMILES string of the molecule is CC(C)(C)c1ccc(NC(=O)NCCNc2cc(N3CCOCC3)cnn2)cc1. The van der Waals surface area contributed by atoms with Crippen molar-refractivity contribution in [3.63, 3.8) is 0 Å². The smallest absolute Gasteiger partial charge is 0.319 e. The van der Waals surface area contributed by atoms with E-state index < -0.39 is 0 Å². The minimum atomic E-state index is -0.233. The van der Waals surface area contributed by atoms with Crippen LogP contribution in [0, 0.1) is 0 Å². The molecule has 8 nitrogen and oxygen atoms in total. The number of rotatable bonds is 6. The van der Waals surface area contributed by atoms with Crippen LogP contribution in [0.2, 0.25) is 0 Å². The molecule has 1 fully saturated rings. The topological polar surface area (TPSA) is 91.4 Å². The summed E-state index contributed by atoms with van der Waals surface area (Å²) in [5.74, 6) is 0.689. The van der Waals surface area contributed by atoms with E-state index in [1.807, 2.05) is 30.3 Å². The predicted molar refractivity (Wildman–Crippen MR) is 116 cm³/mol. The molecule has 0 saturated carbocycles. The molecule has 1 aliphatic rings. The zero-order valence-corrected chi connectivity index (χ0v) is 17.4. The van der Waals surface area contributed by atoms with Gasteiger partial charge in [0.15, 0.2) is 5.82 Å². The zero-order valence-electron chi connectivity index (χ0n) is 17.4. The minimum absolute atomic E-state index is 0.0917. The summed E-state index contributed by atoms with van der Waals surface area (Å²) in [6.07, 6.45) is 1.76. The maximum atomic E-state index is 12.1. The summed E-state index contributed by atoms with van der Waals surface area (Å²) in [5, 5.41) is 17.0. The van der Waals surface area contributed by atoms with Gasteiger partial charge in [0, 0.05) is 37.9 Å². The molecule has 2 heterocycles. The lowest BCUT2D eigenvalue weighted by atomic mass is 9.87. The van der Waals surface area contributed by atoms with Gasteiger partial charge in [-0.05, 0) is 23.1 Å². The lowest BCUT2D eigenvalue weighted by molar-refractivity contribution is 0.122. The number of hydrogen-bond donors (Lipinski definition) is 3. The first kappa shape index (κ1) is 20.9. The summed E-state index contributed by atoms with van der Waals surface area (Å²) in [4.78, 5) is 14.3. The number of morpholine rings is 1. The molecule has 0 unspecified atom stereocenters. The number of nitrogens with one attached hydrogen (secondary N) is 3. The molecule has 1 aliphatic heterocycles. The molecule has 1 saturated heterocycles. The Balaban J connectivity index is 1.40. The van der Waals surface area contributed by atoms with Gasteiger partial charge in [-0.2, -0.15) is 5.10 Å². The first-order chi connectivity index (χ1) is 13.9. The molecule has 1 aromatic heterocycles. The lowest BCUT2D eigenvalue weighted by Crippen LogP contribution is -2.36. The highest BCUT2D eigenvalue weighted by atomic mass is 16.5. The van der Waals surface area contributed by atoms with Crippen LogP contribution in [-0.4, -0.2) is 55.6 Å². The van der Waals surface area contributed by atoms with Gasteiger partial charge in [-0.25, -0.2) is 4.79 Å². The second-order valence-electron chi connectivity index (χ2n) is 8.03. The molecule has 0 spiro atoms. The number of ether oxygens (including phenoxy) is 1. The van der Waals surface area contributed by atoms with E-state index in [4.69, 9.17) is 4.74 Å². The fraction of sp³-hybridized carbons (Fsp3) is 0.476. The van der Waals surface area contributed by atoms with E-state index >= 15 is 0 Å². The Morgan fingerprint density at radius 1 is 1.14 bits per heavy atom. The average Bonchev–Trinajstić information content (AvgIpc) is 2.72. The largest absolute Gasteiger partial charge is 0.378 e. The molecule has 29 heavy (non-hydrogen) atoms. The van der Waals surface area contributed by atoms with Crippen molar-refractivity contribution in [1.82, 2.24) is 15.5 Å². The molecular formula is C21H30N6O2. The van der Waals surface area contributed by atoms with Gasteiger partial charge >= 0.3 is 6.03 Å². The van der Waals surface area contributed by atoms with Crippen LogP contribution in [0.3, 0.4) is 0 Å². The van der Waals surface area contributed by atoms with Gasteiger partial charge in [0.1, 0.15) is 0 Å². The number of carbonyl (C=O) groups excluding carboxylic acids is 1. The van der Waals surface area contributed by atoms with Gasteiger partial charge in [-0.1, -0.05) is 32.9 Å².